The van der Waals surface area contributed by atoms with Gasteiger partial charge in [-0.2, -0.15) is 0 Å². The summed E-state index contributed by atoms with van der Waals surface area (Å²) in [5, 5.41) is 21.1. The molecule has 0 spiro atoms. The van der Waals surface area contributed by atoms with Gasteiger partial charge in [-0.05, 0) is 45.7 Å². The van der Waals surface area contributed by atoms with E-state index in [0.29, 0.717) is 16.4 Å². The predicted octanol–water partition coefficient (Wildman–Crippen LogP) is 5.18. The van der Waals surface area contributed by atoms with E-state index in [1.165, 1.54) is 0 Å². The Morgan fingerprint density at radius 1 is 1.33 bits per heavy atom. The van der Waals surface area contributed by atoms with Crippen LogP contribution in [0.1, 0.15) is 29.0 Å². The zero-order chi connectivity index (χ0) is 19.1. The maximum Gasteiger partial charge on any atom is 0.304 e. The summed E-state index contributed by atoms with van der Waals surface area (Å²) in [5.74, 6) is -0.942. The number of aliphatic carboxylic acids is 1. The molecule has 4 aromatic rings. The topological polar surface area (TPSA) is 68.0 Å². The lowest BCUT2D eigenvalue weighted by molar-refractivity contribution is -0.137. The van der Waals surface area contributed by atoms with Crippen molar-refractivity contribution in [2.75, 3.05) is 0 Å². The summed E-state index contributed by atoms with van der Waals surface area (Å²) in [5.41, 5.74) is 3.96. The van der Waals surface area contributed by atoms with Gasteiger partial charge in [0, 0.05) is 23.5 Å². The van der Waals surface area contributed by atoms with Crippen molar-refractivity contribution < 1.29 is 9.90 Å². The second-order valence-corrected chi connectivity index (χ2v) is 7.91. The largest absolute Gasteiger partial charge is 0.481 e. The third-order valence-corrected chi connectivity index (χ3v) is 6.39. The van der Waals surface area contributed by atoms with Gasteiger partial charge in [-0.3, -0.25) is 4.79 Å². The van der Waals surface area contributed by atoms with Crippen LogP contribution in [0.25, 0.3) is 21.1 Å². The van der Waals surface area contributed by atoms with Crippen LogP contribution >= 0.6 is 34.5 Å². The van der Waals surface area contributed by atoms with Gasteiger partial charge in [0.2, 0.25) is 0 Å². The van der Waals surface area contributed by atoms with Crippen molar-refractivity contribution in [3.8, 4) is 0 Å². The zero-order valence-corrected chi connectivity index (χ0v) is 16.6. The van der Waals surface area contributed by atoms with Gasteiger partial charge in [-0.15, -0.1) is 28.0 Å². The van der Waals surface area contributed by atoms with Crippen LogP contribution in [0.15, 0.2) is 35.7 Å². The van der Waals surface area contributed by atoms with E-state index in [-0.39, 0.29) is 6.42 Å². The van der Waals surface area contributed by atoms with Crippen molar-refractivity contribution in [3.63, 3.8) is 0 Å². The Labute approximate surface area is 169 Å². The van der Waals surface area contributed by atoms with E-state index in [4.69, 9.17) is 23.2 Å². The Hall–Kier alpha value is -2.15. The number of thiophene rings is 1. The molecule has 138 valence electrons. The van der Waals surface area contributed by atoms with Crippen LogP contribution in [-0.2, 0) is 17.7 Å². The number of alkyl halides is 1. The van der Waals surface area contributed by atoms with Crippen LogP contribution in [0.2, 0.25) is 5.02 Å². The van der Waals surface area contributed by atoms with Crippen molar-refractivity contribution >= 4 is 61.6 Å². The molecule has 2 aromatic heterocycles. The molecule has 0 unspecified atom stereocenters. The smallest absolute Gasteiger partial charge is 0.304 e. The van der Waals surface area contributed by atoms with Crippen molar-refractivity contribution in [2.45, 2.75) is 18.2 Å². The van der Waals surface area contributed by atoms with Gasteiger partial charge in [-0.1, -0.05) is 28.9 Å². The summed E-state index contributed by atoms with van der Waals surface area (Å²) >= 11 is 14.4. The Kier molecular flexibility index (Phi) is 4.80. The van der Waals surface area contributed by atoms with Gasteiger partial charge in [0.1, 0.15) is 5.52 Å². The number of rotatable bonds is 5. The van der Waals surface area contributed by atoms with Crippen molar-refractivity contribution in [3.05, 3.63) is 57.4 Å². The monoisotopic (exact) mass is 419 g/mol. The molecule has 1 atom stereocenters. The first-order valence-corrected chi connectivity index (χ1v) is 10.0. The summed E-state index contributed by atoms with van der Waals surface area (Å²) in [7, 11) is 1.79. The molecule has 0 bridgehead atoms. The molecule has 0 saturated carbocycles. The molecule has 4 rings (SSSR count). The lowest BCUT2D eigenvalue weighted by Crippen LogP contribution is -2.09. The van der Waals surface area contributed by atoms with E-state index >= 15 is 0 Å². The molecule has 0 amide bonds. The van der Waals surface area contributed by atoms with Crippen molar-refractivity contribution in [2.24, 2.45) is 7.05 Å². The molecule has 27 heavy (non-hydrogen) atoms. The molecule has 2 aromatic carbocycles. The summed E-state index contributed by atoms with van der Waals surface area (Å²) in [6, 6.07) is 9.75. The minimum absolute atomic E-state index is 0.0805. The SMILES string of the molecule is Cn1nnc2c(Cl)c([C@@H](CC(=O)O)c3cc(CCl)c4sccc4c3)ccc21. The minimum Gasteiger partial charge on any atom is -0.481 e. The van der Waals surface area contributed by atoms with Gasteiger partial charge in [0.05, 0.1) is 17.0 Å². The summed E-state index contributed by atoms with van der Waals surface area (Å²) in [4.78, 5) is 11.6. The Morgan fingerprint density at radius 2 is 2.15 bits per heavy atom. The number of halogens is 2. The highest BCUT2D eigenvalue weighted by Crippen LogP contribution is 2.39. The molecule has 0 fully saturated rings. The van der Waals surface area contributed by atoms with Gasteiger partial charge >= 0.3 is 5.97 Å². The Bertz CT molecular complexity index is 1170. The minimum atomic E-state index is -0.895. The first-order valence-electron chi connectivity index (χ1n) is 8.25. The average Bonchev–Trinajstić information content (AvgIpc) is 3.26. The van der Waals surface area contributed by atoms with Crippen molar-refractivity contribution in [1.82, 2.24) is 15.0 Å². The number of aryl methyl sites for hydroxylation is 1. The molecule has 2 heterocycles. The molecule has 0 aliphatic carbocycles. The number of hydrogen-bond acceptors (Lipinski definition) is 4. The number of carboxylic acid groups (broad SMARTS) is 1. The normalized spacial score (nSPS) is 12.7. The second-order valence-electron chi connectivity index (χ2n) is 6.35. The summed E-state index contributed by atoms with van der Waals surface area (Å²) < 4.78 is 2.76. The molecule has 5 nitrogen and oxygen atoms in total. The molecule has 0 radical (unpaired) electrons. The Balaban J connectivity index is 1.92. The number of aromatic nitrogens is 3. The molecule has 1 N–H and O–H groups in total. The maximum absolute atomic E-state index is 11.6. The third-order valence-electron chi connectivity index (χ3n) is 4.70. The quantitative estimate of drug-likeness (QED) is 0.452. The fourth-order valence-corrected chi connectivity index (χ4v) is 4.94. The molecule has 8 heteroatoms. The van der Waals surface area contributed by atoms with E-state index in [1.54, 1.807) is 23.1 Å². The highest BCUT2D eigenvalue weighted by atomic mass is 35.5. The first kappa shape index (κ1) is 18.2. The lowest BCUT2D eigenvalue weighted by atomic mass is 9.87. The molecule has 0 aliphatic rings. The molecular weight excluding hydrogens is 405 g/mol. The number of fused-ring (bicyclic) bond motifs is 2. The van der Waals surface area contributed by atoms with E-state index in [1.807, 2.05) is 35.7 Å². The number of nitrogens with zero attached hydrogens (tertiary/aromatic N) is 3. The molecule has 0 saturated heterocycles. The standard InChI is InChI=1S/C19H15Cl2N3O2S/c1-24-15-3-2-13(17(21)18(15)22-23-24)14(8-16(25)26)11-6-10-4-5-27-19(10)12(7-11)9-20/h2-7,14H,8-9H2,1H3,(H,25,26)/t14-/m0/s1. The first-order chi connectivity index (χ1) is 13.0. The maximum atomic E-state index is 11.6. The van der Waals surface area contributed by atoms with Crippen LogP contribution in [0, 0.1) is 0 Å². The van der Waals surface area contributed by atoms with Crippen LogP contribution in [0.3, 0.4) is 0 Å². The Morgan fingerprint density at radius 3 is 2.89 bits per heavy atom. The number of benzene rings is 2. The zero-order valence-electron chi connectivity index (χ0n) is 14.3. The third kappa shape index (κ3) is 3.18. The fraction of sp³-hybridized carbons (Fsp3) is 0.211. The van der Waals surface area contributed by atoms with Gasteiger partial charge in [0.15, 0.2) is 0 Å². The predicted molar refractivity (Wildman–Crippen MR) is 109 cm³/mol. The highest BCUT2D eigenvalue weighted by molar-refractivity contribution is 7.17. The van der Waals surface area contributed by atoms with E-state index in [9.17, 15) is 9.90 Å². The van der Waals surface area contributed by atoms with Gasteiger partial charge in [0.25, 0.3) is 0 Å². The highest BCUT2D eigenvalue weighted by Gasteiger charge is 2.24. The second kappa shape index (κ2) is 7.11. The average molecular weight is 420 g/mol. The lowest BCUT2D eigenvalue weighted by Gasteiger charge is -2.19. The number of carbonyl (C=O) groups is 1. The van der Waals surface area contributed by atoms with Crippen LogP contribution in [-0.4, -0.2) is 26.1 Å². The van der Waals surface area contributed by atoms with Gasteiger partial charge < -0.3 is 5.11 Å². The van der Waals surface area contributed by atoms with E-state index in [2.05, 4.69) is 10.3 Å². The summed E-state index contributed by atoms with van der Waals surface area (Å²) in [6.45, 7) is 0. The molecular formula is C19H15Cl2N3O2S. The van der Waals surface area contributed by atoms with Gasteiger partial charge in [-0.25, -0.2) is 4.68 Å². The number of carboxylic acids is 1. The van der Waals surface area contributed by atoms with Crippen LogP contribution in [0.5, 0.6) is 0 Å². The van der Waals surface area contributed by atoms with Crippen molar-refractivity contribution in [1.29, 1.82) is 0 Å². The van der Waals surface area contributed by atoms with Crippen LogP contribution < -0.4 is 0 Å². The van der Waals surface area contributed by atoms with E-state index < -0.39 is 11.9 Å². The fourth-order valence-electron chi connectivity index (χ4n) is 3.42. The molecule has 0 aliphatic heterocycles. The summed E-state index contributed by atoms with van der Waals surface area (Å²) in [6.07, 6.45) is -0.0805. The van der Waals surface area contributed by atoms with Crippen LogP contribution in [0.4, 0.5) is 0 Å². The van der Waals surface area contributed by atoms with E-state index in [0.717, 1.165) is 32.3 Å². The number of hydrogen-bond donors (Lipinski definition) is 1.